The number of aliphatic carboxylic acids is 1. The van der Waals surface area contributed by atoms with Crippen LogP contribution in [0, 0.1) is 5.41 Å². The summed E-state index contributed by atoms with van der Waals surface area (Å²) in [6, 6.07) is -1.10. The number of hydrogen-bond donors (Lipinski definition) is 3. The van der Waals surface area contributed by atoms with E-state index in [-0.39, 0.29) is 12.1 Å². The fraction of sp³-hybridized carbons (Fsp3) is 0.857. The van der Waals surface area contributed by atoms with Gasteiger partial charge in [-0.3, -0.25) is 0 Å². The van der Waals surface area contributed by atoms with Gasteiger partial charge in [0.25, 0.3) is 0 Å². The van der Waals surface area contributed by atoms with Crippen LogP contribution in [0.2, 0.25) is 0 Å². The van der Waals surface area contributed by atoms with Crippen molar-refractivity contribution in [1.82, 2.24) is 10.6 Å². The van der Waals surface area contributed by atoms with Gasteiger partial charge in [0.2, 0.25) is 0 Å². The van der Waals surface area contributed by atoms with Crippen molar-refractivity contribution in [3.63, 3.8) is 0 Å². The number of hydrogen-bond acceptors (Lipinski definition) is 3. The molecule has 0 saturated heterocycles. The highest BCUT2D eigenvalue weighted by Gasteiger charge is 2.33. The highest BCUT2D eigenvalue weighted by atomic mass is 32.2. The van der Waals surface area contributed by atoms with E-state index in [2.05, 4.69) is 17.6 Å². The molecule has 0 spiro atoms. The average molecular weight is 302 g/mol. The Kier molecular flexibility index (Phi) is 6.17. The van der Waals surface area contributed by atoms with E-state index in [1.165, 1.54) is 0 Å². The molecule has 0 aromatic carbocycles. The Bertz CT molecular complexity index is 355. The second-order valence-electron chi connectivity index (χ2n) is 6.34. The molecule has 3 atom stereocenters. The van der Waals surface area contributed by atoms with Crippen molar-refractivity contribution in [3.05, 3.63) is 0 Å². The van der Waals surface area contributed by atoms with Crippen LogP contribution < -0.4 is 10.6 Å². The summed E-state index contributed by atoms with van der Waals surface area (Å²) in [4.78, 5) is 23.1. The summed E-state index contributed by atoms with van der Waals surface area (Å²) in [6.07, 6.45) is 3.06. The van der Waals surface area contributed by atoms with Crippen LogP contribution in [0.5, 0.6) is 0 Å². The normalized spacial score (nSPS) is 24.2. The number of thioether (sulfide) groups is 1. The Morgan fingerprint density at radius 3 is 2.50 bits per heavy atom. The van der Waals surface area contributed by atoms with Gasteiger partial charge in [0.15, 0.2) is 0 Å². The minimum Gasteiger partial charge on any atom is -0.480 e. The van der Waals surface area contributed by atoms with Gasteiger partial charge < -0.3 is 15.7 Å². The zero-order chi connectivity index (χ0) is 15.3. The van der Waals surface area contributed by atoms with Crippen LogP contribution in [-0.2, 0) is 4.79 Å². The molecule has 0 aromatic rings. The summed E-state index contributed by atoms with van der Waals surface area (Å²) < 4.78 is 0. The lowest BCUT2D eigenvalue weighted by Gasteiger charge is -2.28. The van der Waals surface area contributed by atoms with Crippen molar-refractivity contribution in [2.75, 3.05) is 5.75 Å². The van der Waals surface area contributed by atoms with Gasteiger partial charge >= 0.3 is 12.0 Å². The molecule has 0 bridgehead atoms. The second kappa shape index (κ2) is 7.20. The lowest BCUT2D eigenvalue weighted by atomic mass is 9.87. The van der Waals surface area contributed by atoms with E-state index in [4.69, 9.17) is 0 Å². The lowest BCUT2D eigenvalue weighted by molar-refractivity contribution is -0.141. The van der Waals surface area contributed by atoms with Gasteiger partial charge in [-0.2, -0.15) is 11.8 Å². The molecule has 0 aliphatic heterocycles. The molecule has 0 heterocycles. The van der Waals surface area contributed by atoms with Crippen molar-refractivity contribution in [3.8, 4) is 0 Å². The molecule has 1 aliphatic carbocycles. The fourth-order valence-corrected chi connectivity index (χ4v) is 3.61. The Labute approximate surface area is 125 Å². The van der Waals surface area contributed by atoms with E-state index in [1.54, 1.807) is 20.8 Å². The highest BCUT2D eigenvalue weighted by molar-refractivity contribution is 7.99. The summed E-state index contributed by atoms with van der Waals surface area (Å²) in [6.45, 7) is 7.54. The maximum Gasteiger partial charge on any atom is 0.326 e. The lowest BCUT2D eigenvalue weighted by Crippen LogP contribution is -2.53. The molecular formula is C14H26N2O3S. The van der Waals surface area contributed by atoms with E-state index in [9.17, 15) is 14.7 Å². The Morgan fingerprint density at radius 2 is 2.00 bits per heavy atom. The van der Waals surface area contributed by atoms with Crippen molar-refractivity contribution in [1.29, 1.82) is 0 Å². The summed E-state index contributed by atoms with van der Waals surface area (Å²) >= 11 is 1.93. The molecule has 0 radical (unpaired) electrons. The largest absolute Gasteiger partial charge is 0.480 e. The summed E-state index contributed by atoms with van der Waals surface area (Å²) in [5, 5.41) is 15.3. The first-order chi connectivity index (χ1) is 9.24. The van der Waals surface area contributed by atoms with Crippen LogP contribution in [0.4, 0.5) is 4.79 Å². The fourth-order valence-electron chi connectivity index (χ4n) is 2.47. The molecule has 20 heavy (non-hydrogen) atoms. The molecule has 6 heteroatoms. The van der Waals surface area contributed by atoms with Crippen LogP contribution in [0.3, 0.4) is 0 Å². The first kappa shape index (κ1) is 17.1. The summed E-state index contributed by atoms with van der Waals surface area (Å²) in [5.74, 6) is 0.0906. The van der Waals surface area contributed by atoms with Crippen molar-refractivity contribution >= 4 is 23.8 Å². The van der Waals surface area contributed by atoms with E-state index in [1.807, 2.05) is 11.8 Å². The molecule has 1 saturated carbocycles. The maximum absolute atomic E-state index is 11.9. The van der Waals surface area contributed by atoms with Crippen LogP contribution in [0.1, 0.15) is 47.0 Å². The molecule has 2 unspecified atom stereocenters. The van der Waals surface area contributed by atoms with Crippen LogP contribution in [0.25, 0.3) is 0 Å². The van der Waals surface area contributed by atoms with Crippen LogP contribution in [0.15, 0.2) is 0 Å². The van der Waals surface area contributed by atoms with Gasteiger partial charge in [-0.1, -0.05) is 27.7 Å². The van der Waals surface area contributed by atoms with Gasteiger partial charge in [-0.15, -0.1) is 0 Å². The minimum absolute atomic E-state index is 0.161. The number of carboxylic acids is 1. The zero-order valence-corrected chi connectivity index (χ0v) is 13.5. The number of carbonyl (C=O) groups is 2. The smallest absolute Gasteiger partial charge is 0.326 e. The summed E-state index contributed by atoms with van der Waals surface area (Å²) in [7, 11) is 0. The molecule has 1 rings (SSSR count). The minimum atomic E-state index is -1.00. The molecular weight excluding hydrogens is 276 g/mol. The number of rotatable bonds is 5. The third-order valence-electron chi connectivity index (χ3n) is 3.51. The van der Waals surface area contributed by atoms with Gasteiger partial charge in [0, 0.05) is 11.3 Å². The van der Waals surface area contributed by atoms with Crippen molar-refractivity contribution < 1.29 is 14.7 Å². The number of urea groups is 1. The van der Waals surface area contributed by atoms with E-state index < -0.39 is 17.4 Å². The average Bonchev–Trinajstić information content (AvgIpc) is 2.72. The van der Waals surface area contributed by atoms with E-state index in [0.29, 0.717) is 5.25 Å². The third-order valence-corrected chi connectivity index (χ3v) is 4.74. The Hall–Kier alpha value is -0.910. The van der Waals surface area contributed by atoms with Crippen LogP contribution >= 0.6 is 11.8 Å². The van der Waals surface area contributed by atoms with Gasteiger partial charge in [0.05, 0.1) is 0 Å². The maximum atomic E-state index is 11.9. The first-order valence-electron chi connectivity index (χ1n) is 7.15. The van der Waals surface area contributed by atoms with E-state index >= 15 is 0 Å². The number of amides is 2. The number of carbonyl (C=O) groups excluding carboxylic acids is 1. The van der Waals surface area contributed by atoms with E-state index in [0.717, 1.165) is 25.0 Å². The van der Waals surface area contributed by atoms with Crippen molar-refractivity contribution in [2.24, 2.45) is 5.41 Å². The number of nitrogens with one attached hydrogen (secondary N) is 2. The molecule has 1 aliphatic rings. The zero-order valence-electron chi connectivity index (χ0n) is 12.7. The monoisotopic (exact) mass is 302 g/mol. The highest BCUT2D eigenvalue weighted by Crippen LogP contribution is 2.29. The molecule has 1 fully saturated rings. The second-order valence-corrected chi connectivity index (χ2v) is 7.92. The topological polar surface area (TPSA) is 78.4 Å². The Balaban J connectivity index is 2.45. The standard InChI is InChI=1S/C14H26N2O3S/c1-5-20-10-7-6-9(8-10)15-13(19)16-11(12(17)18)14(2,3)4/h9-11H,5-8H2,1-4H3,(H,17,18)(H2,15,16,19)/t9?,10?,11-/m0/s1. The molecule has 3 N–H and O–H groups in total. The van der Waals surface area contributed by atoms with Gasteiger partial charge in [0.1, 0.15) is 6.04 Å². The first-order valence-corrected chi connectivity index (χ1v) is 8.20. The Morgan fingerprint density at radius 1 is 1.35 bits per heavy atom. The SMILES string of the molecule is CCSC1CCC(NC(=O)N[C@@H](C(=O)O)C(C)(C)C)C1. The van der Waals surface area contributed by atoms with Gasteiger partial charge in [-0.05, 0) is 30.4 Å². The third kappa shape index (κ3) is 5.23. The molecule has 5 nitrogen and oxygen atoms in total. The van der Waals surface area contributed by atoms with Crippen LogP contribution in [-0.4, -0.2) is 40.2 Å². The van der Waals surface area contributed by atoms with Crippen molar-refractivity contribution in [2.45, 2.75) is 64.3 Å². The molecule has 0 aromatic heterocycles. The van der Waals surface area contributed by atoms with Gasteiger partial charge in [-0.25, -0.2) is 9.59 Å². The number of carboxylic acid groups (broad SMARTS) is 1. The predicted molar refractivity (Wildman–Crippen MR) is 82.1 cm³/mol. The molecule has 116 valence electrons. The molecule has 2 amide bonds. The quantitative estimate of drug-likeness (QED) is 0.729. The summed E-state index contributed by atoms with van der Waals surface area (Å²) in [5.41, 5.74) is -0.514. The predicted octanol–water partition coefficient (Wildman–Crippen LogP) is 2.46.